The molecule has 0 radical (unpaired) electrons. The fraction of sp³-hybridized carbons (Fsp3) is 0.400. The third kappa shape index (κ3) is 2.86. The van der Waals surface area contributed by atoms with Gasteiger partial charge in [-0.05, 0) is 31.5 Å². The maximum absolute atomic E-state index is 9.01. The SMILES string of the molecule is N#C[C@H]1CCCN(Cc2cnc(-c3ccco3)nc2)C1. The van der Waals surface area contributed by atoms with E-state index in [0.29, 0.717) is 11.6 Å². The minimum atomic E-state index is 0.159. The van der Waals surface area contributed by atoms with Gasteiger partial charge in [0.2, 0.25) is 0 Å². The molecule has 1 saturated heterocycles. The molecule has 0 N–H and O–H groups in total. The number of hydrogen-bond donors (Lipinski definition) is 0. The molecule has 1 aliphatic heterocycles. The van der Waals surface area contributed by atoms with E-state index < -0.39 is 0 Å². The Balaban J connectivity index is 1.65. The van der Waals surface area contributed by atoms with Gasteiger partial charge in [0, 0.05) is 31.0 Å². The molecule has 1 atom stereocenters. The number of nitriles is 1. The Morgan fingerprint density at radius 1 is 1.40 bits per heavy atom. The number of likely N-dealkylation sites (tertiary alicyclic amines) is 1. The Hall–Kier alpha value is -2.19. The van der Waals surface area contributed by atoms with E-state index in [2.05, 4.69) is 20.9 Å². The zero-order valence-electron chi connectivity index (χ0n) is 11.2. The first kappa shape index (κ1) is 12.8. The Kier molecular flexibility index (Phi) is 3.75. The number of piperidine rings is 1. The van der Waals surface area contributed by atoms with Crippen LogP contribution in [-0.4, -0.2) is 28.0 Å². The second-order valence-corrected chi connectivity index (χ2v) is 5.10. The predicted octanol–water partition coefficient (Wildman–Crippen LogP) is 2.47. The normalized spacial score (nSPS) is 19.6. The smallest absolute Gasteiger partial charge is 0.195 e. The van der Waals surface area contributed by atoms with Crippen molar-refractivity contribution in [2.24, 2.45) is 5.92 Å². The van der Waals surface area contributed by atoms with Gasteiger partial charge >= 0.3 is 0 Å². The van der Waals surface area contributed by atoms with Crippen molar-refractivity contribution in [3.05, 3.63) is 36.4 Å². The van der Waals surface area contributed by atoms with Crippen molar-refractivity contribution in [2.75, 3.05) is 13.1 Å². The minimum Gasteiger partial charge on any atom is -0.461 e. The lowest BCUT2D eigenvalue weighted by molar-refractivity contribution is 0.192. The van der Waals surface area contributed by atoms with Gasteiger partial charge in [0.25, 0.3) is 0 Å². The van der Waals surface area contributed by atoms with Crippen molar-refractivity contribution in [3.63, 3.8) is 0 Å². The molecular weight excluding hydrogens is 252 g/mol. The van der Waals surface area contributed by atoms with Gasteiger partial charge in [0.1, 0.15) is 0 Å². The van der Waals surface area contributed by atoms with Gasteiger partial charge in [-0.3, -0.25) is 4.90 Å². The minimum absolute atomic E-state index is 0.159. The summed E-state index contributed by atoms with van der Waals surface area (Å²) in [4.78, 5) is 11.0. The van der Waals surface area contributed by atoms with Crippen molar-refractivity contribution in [1.29, 1.82) is 5.26 Å². The van der Waals surface area contributed by atoms with Crippen molar-refractivity contribution in [3.8, 4) is 17.7 Å². The van der Waals surface area contributed by atoms with Gasteiger partial charge in [-0.15, -0.1) is 0 Å². The van der Waals surface area contributed by atoms with Crippen molar-refractivity contribution < 1.29 is 4.42 Å². The fourth-order valence-electron chi connectivity index (χ4n) is 2.53. The predicted molar refractivity (Wildman–Crippen MR) is 73.3 cm³/mol. The zero-order chi connectivity index (χ0) is 13.8. The second kappa shape index (κ2) is 5.85. The van der Waals surface area contributed by atoms with Crippen LogP contribution in [0.1, 0.15) is 18.4 Å². The third-order valence-electron chi connectivity index (χ3n) is 3.54. The van der Waals surface area contributed by atoms with Crippen LogP contribution in [0.3, 0.4) is 0 Å². The molecule has 3 rings (SSSR count). The van der Waals surface area contributed by atoms with Crippen LogP contribution >= 0.6 is 0 Å². The quantitative estimate of drug-likeness (QED) is 0.855. The Bertz CT molecular complexity index is 585. The van der Waals surface area contributed by atoms with Crippen LogP contribution < -0.4 is 0 Å². The standard InChI is InChI=1S/C15H16N4O/c16-7-12-3-1-5-19(10-12)11-13-8-17-15(18-9-13)14-4-2-6-20-14/h2,4,6,8-9,12H,1,3,5,10-11H2/t12-/m1/s1. The molecule has 102 valence electrons. The first-order valence-corrected chi connectivity index (χ1v) is 6.82. The molecule has 0 saturated carbocycles. The third-order valence-corrected chi connectivity index (χ3v) is 3.54. The van der Waals surface area contributed by atoms with Crippen LogP contribution in [0.15, 0.2) is 35.2 Å². The molecule has 5 heteroatoms. The monoisotopic (exact) mass is 268 g/mol. The van der Waals surface area contributed by atoms with E-state index in [-0.39, 0.29) is 5.92 Å². The largest absolute Gasteiger partial charge is 0.461 e. The van der Waals surface area contributed by atoms with Crippen LogP contribution in [0.2, 0.25) is 0 Å². The first-order chi connectivity index (χ1) is 9.85. The highest BCUT2D eigenvalue weighted by Gasteiger charge is 2.19. The second-order valence-electron chi connectivity index (χ2n) is 5.10. The maximum atomic E-state index is 9.01. The Morgan fingerprint density at radius 3 is 2.95 bits per heavy atom. The summed E-state index contributed by atoms with van der Waals surface area (Å²) >= 11 is 0. The maximum Gasteiger partial charge on any atom is 0.195 e. The van der Waals surface area contributed by atoms with Gasteiger partial charge in [-0.2, -0.15) is 5.26 Å². The first-order valence-electron chi connectivity index (χ1n) is 6.82. The molecule has 2 aromatic heterocycles. The number of nitrogens with zero attached hydrogens (tertiary/aromatic N) is 4. The van der Waals surface area contributed by atoms with Crippen molar-refractivity contribution in [1.82, 2.24) is 14.9 Å². The Morgan fingerprint density at radius 2 is 2.25 bits per heavy atom. The molecule has 0 aliphatic carbocycles. The van der Waals surface area contributed by atoms with E-state index in [1.807, 2.05) is 24.5 Å². The Labute approximate surface area is 117 Å². The summed E-state index contributed by atoms with van der Waals surface area (Å²) < 4.78 is 5.27. The van der Waals surface area contributed by atoms with Crippen LogP contribution in [0.4, 0.5) is 0 Å². The van der Waals surface area contributed by atoms with Gasteiger partial charge in [0.15, 0.2) is 11.6 Å². The van der Waals surface area contributed by atoms with E-state index in [9.17, 15) is 0 Å². The molecular formula is C15H16N4O. The summed E-state index contributed by atoms with van der Waals surface area (Å²) in [5.41, 5.74) is 1.07. The summed E-state index contributed by atoms with van der Waals surface area (Å²) in [7, 11) is 0. The van der Waals surface area contributed by atoms with Gasteiger partial charge in [-0.1, -0.05) is 0 Å². The van der Waals surface area contributed by atoms with E-state index in [4.69, 9.17) is 9.68 Å². The van der Waals surface area contributed by atoms with Gasteiger partial charge < -0.3 is 4.42 Å². The highest BCUT2D eigenvalue weighted by Crippen LogP contribution is 2.18. The van der Waals surface area contributed by atoms with Gasteiger partial charge in [0.05, 0.1) is 18.3 Å². The number of rotatable bonds is 3. The van der Waals surface area contributed by atoms with E-state index >= 15 is 0 Å². The van der Waals surface area contributed by atoms with Crippen molar-refractivity contribution >= 4 is 0 Å². The lowest BCUT2D eigenvalue weighted by Crippen LogP contribution is -2.34. The summed E-state index contributed by atoms with van der Waals surface area (Å²) in [6.07, 6.45) is 7.38. The van der Waals surface area contributed by atoms with E-state index in [1.54, 1.807) is 6.26 Å². The van der Waals surface area contributed by atoms with Crippen LogP contribution in [0.5, 0.6) is 0 Å². The molecule has 1 aliphatic rings. The van der Waals surface area contributed by atoms with Crippen LogP contribution in [-0.2, 0) is 6.54 Å². The molecule has 20 heavy (non-hydrogen) atoms. The highest BCUT2D eigenvalue weighted by molar-refractivity contribution is 5.45. The zero-order valence-corrected chi connectivity index (χ0v) is 11.2. The average molecular weight is 268 g/mol. The number of hydrogen-bond acceptors (Lipinski definition) is 5. The molecule has 3 heterocycles. The lowest BCUT2D eigenvalue weighted by atomic mass is 9.99. The molecule has 0 bridgehead atoms. The topological polar surface area (TPSA) is 66.0 Å². The number of furan rings is 1. The van der Waals surface area contributed by atoms with Gasteiger partial charge in [-0.25, -0.2) is 9.97 Å². The van der Waals surface area contributed by atoms with Crippen LogP contribution in [0.25, 0.3) is 11.6 Å². The highest BCUT2D eigenvalue weighted by atomic mass is 16.3. The van der Waals surface area contributed by atoms with Crippen LogP contribution in [0, 0.1) is 17.2 Å². The average Bonchev–Trinajstić information content (AvgIpc) is 3.02. The summed E-state index contributed by atoms with van der Waals surface area (Å²) in [6.45, 7) is 2.69. The van der Waals surface area contributed by atoms with E-state index in [0.717, 1.165) is 38.0 Å². The van der Waals surface area contributed by atoms with Crippen molar-refractivity contribution in [2.45, 2.75) is 19.4 Å². The number of aromatic nitrogens is 2. The molecule has 0 spiro atoms. The molecule has 0 unspecified atom stereocenters. The molecule has 0 aromatic carbocycles. The van der Waals surface area contributed by atoms with E-state index in [1.165, 1.54) is 0 Å². The molecule has 2 aromatic rings. The fourth-order valence-corrected chi connectivity index (χ4v) is 2.53. The summed E-state index contributed by atoms with van der Waals surface area (Å²) in [5.74, 6) is 1.44. The molecule has 1 fully saturated rings. The molecule has 0 amide bonds. The molecule has 5 nitrogen and oxygen atoms in total. The lowest BCUT2D eigenvalue weighted by Gasteiger charge is -2.29. The summed E-state index contributed by atoms with van der Waals surface area (Å²) in [5, 5.41) is 9.01. The summed E-state index contributed by atoms with van der Waals surface area (Å²) in [6, 6.07) is 6.03.